The lowest BCUT2D eigenvalue weighted by atomic mass is 10.1. The van der Waals surface area contributed by atoms with Crippen molar-refractivity contribution in [3.05, 3.63) is 81.3 Å². The number of imidazole rings is 1. The normalized spacial score (nSPS) is 11.5. The molecule has 2 aromatic carbocycles. The van der Waals surface area contributed by atoms with Gasteiger partial charge in [0.25, 0.3) is 5.56 Å². The Hall–Kier alpha value is -2.88. The maximum atomic E-state index is 13.2. The average Bonchev–Trinajstić information content (AvgIpc) is 3.03. The molecule has 0 amide bonds. The smallest absolute Gasteiger partial charge is 0.262 e. The number of fused-ring (bicyclic) bond motifs is 3. The van der Waals surface area contributed by atoms with Crippen LogP contribution >= 0.6 is 0 Å². The van der Waals surface area contributed by atoms with Crippen molar-refractivity contribution in [2.45, 2.75) is 40.2 Å². The maximum absolute atomic E-state index is 13.2. The molecule has 26 heavy (non-hydrogen) atoms. The summed E-state index contributed by atoms with van der Waals surface area (Å²) in [6.07, 6.45) is 1.72. The monoisotopic (exact) mass is 345 g/mol. The van der Waals surface area contributed by atoms with Gasteiger partial charge in [-0.1, -0.05) is 55.3 Å². The number of benzene rings is 2. The number of rotatable bonds is 4. The van der Waals surface area contributed by atoms with Crippen LogP contribution in [0.3, 0.4) is 0 Å². The van der Waals surface area contributed by atoms with Crippen LogP contribution in [-0.4, -0.2) is 14.0 Å². The van der Waals surface area contributed by atoms with Crippen LogP contribution in [0.15, 0.2) is 53.3 Å². The van der Waals surface area contributed by atoms with Crippen molar-refractivity contribution >= 4 is 16.8 Å². The van der Waals surface area contributed by atoms with Crippen LogP contribution in [0.2, 0.25) is 0 Å². The number of hydrogen-bond donors (Lipinski definition) is 0. The predicted octanol–water partition coefficient (Wildman–Crippen LogP) is 4.27. The van der Waals surface area contributed by atoms with Crippen molar-refractivity contribution < 1.29 is 0 Å². The van der Waals surface area contributed by atoms with Gasteiger partial charge < -0.3 is 4.57 Å². The molecule has 4 nitrogen and oxygen atoms in total. The van der Waals surface area contributed by atoms with E-state index in [9.17, 15) is 4.79 Å². The number of hydrogen-bond acceptors (Lipinski definition) is 2. The molecule has 0 aliphatic rings. The lowest BCUT2D eigenvalue weighted by Crippen LogP contribution is -2.25. The van der Waals surface area contributed by atoms with E-state index in [1.807, 2.05) is 31.2 Å². The highest BCUT2D eigenvalue weighted by atomic mass is 16.1. The van der Waals surface area contributed by atoms with E-state index in [4.69, 9.17) is 4.98 Å². The fourth-order valence-electron chi connectivity index (χ4n) is 3.60. The molecule has 4 heteroatoms. The Morgan fingerprint density at radius 2 is 1.73 bits per heavy atom. The fourth-order valence-corrected chi connectivity index (χ4v) is 3.60. The highest BCUT2D eigenvalue weighted by Crippen LogP contribution is 2.19. The lowest BCUT2D eigenvalue weighted by Gasteiger charge is -2.16. The third kappa shape index (κ3) is 2.62. The minimum atomic E-state index is 0.0632. The minimum absolute atomic E-state index is 0.0632. The highest BCUT2D eigenvalue weighted by molar-refractivity contribution is 5.79. The molecule has 2 aromatic heterocycles. The summed E-state index contributed by atoms with van der Waals surface area (Å²) < 4.78 is 3.96. The van der Waals surface area contributed by atoms with Crippen LogP contribution in [0, 0.1) is 13.8 Å². The van der Waals surface area contributed by atoms with Crippen molar-refractivity contribution in [3.63, 3.8) is 0 Å². The lowest BCUT2D eigenvalue weighted by molar-refractivity contribution is 0.723. The molecule has 0 radical (unpaired) electrons. The van der Waals surface area contributed by atoms with E-state index in [0.717, 1.165) is 35.1 Å². The second kappa shape index (κ2) is 6.45. The van der Waals surface area contributed by atoms with Gasteiger partial charge in [-0.25, -0.2) is 9.38 Å². The van der Waals surface area contributed by atoms with E-state index in [2.05, 4.69) is 42.7 Å². The van der Waals surface area contributed by atoms with E-state index in [0.29, 0.717) is 12.3 Å². The van der Waals surface area contributed by atoms with Crippen molar-refractivity contribution in [3.8, 4) is 0 Å². The largest absolute Gasteiger partial charge is 0.311 e. The van der Waals surface area contributed by atoms with E-state index in [-0.39, 0.29) is 5.56 Å². The van der Waals surface area contributed by atoms with Gasteiger partial charge in [-0.15, -0.1) is 0 Å². The molecule has 0 fully saturated rings. The highest BCUT2D eigenvalue weighted by Gasteiger charge is 2.17. The summed E-state index contributed by atoms with van der Waals surface area (Å²) in [5.41, 5.74) is 6.15. The summed E-state index contributed by atoms with van der Waals surface area (Å²) in [5.74, 6) is 0.717. The van der Waals surface area contributed by atoms with Gasteiger partial charge in [0.15, 0.2) is 0 Å². The van der Waals surface area contributed by atoms with E-state index < -0.39 is 0 Å². The van der Waals surface area contributed by atoms with Gasteiger partial charge >= 0.3 is 0 Å². The van der Waals surface area contributed by atoms with E-state index >= 15 is 0 Å². The van der Waals surface area contributed by atoms with E-state index in [1.165, 1.54) is 11.1 Å². The van der Waals surface area contributed by atoms with Crippen molar-refractivity contribution in [2.75, 3.05) is 0 Å². The first-order valence-electron chi connectivity index (χ1n) is 9.15. The zero-order valence-electron chi connectivity index (χ0n) is 15.5. The van der Waals surface area contributed by atoms with Gasteiger partial charge in [-0.3, -0.25) is 4.79 Å². The quantitative estimate of drug-likeness (QED) is 0.554. The third-order valence-corrected chi connectivity index (χ3v) is 5.05. The predicted molar refractivity (Wildman–Crippen MR) is 106 cm³/mol. The van der Waals surface area contributed by atoms with Crippen molar-refractivity contribution in [1.29, 1.82) is 0 Å². The molecule has 0 atom stereocenters. The number of nitrogens with zero attached hydrogens (tertiary/aromatic N) is 3. The summed E-state index contributed by atoms with van der Waals surface area (Å²) in [5, 5.41) is 0. The van der Waals surface area contributed by atoms with Gasteiger partial charge in [-0.2, -0.15) is 0 Å². The van der Waals surface area contributed by atoms with Crippen LogP contribution in [0.1, 0.15) is 35.7 Å². The summed E-state index contributed by atoms with van der Waals surface area (Å²) >= 11 is 0. The molecule has 0 saturated carbocycles. The topological polar surface area (TPSA) is 39.3 Å². The van der Waals surface area contributed by atoms with Crippen LogP contribution < -0.4 is 5.56 Å². The molecule has 0 aliphatic heterocycles. The molecule has 0 saturated heterocycles. The SMILES string of the molecule is CCCc1c(C)n(Cc2ccc(C)cc2)c2nc3ccccc3n2c1=O. The van der Waals surface area contributed by atoms with Crippen LogP contribution in [-0.2, 0) is 13.0 Å². The molecule has 0 aliphatic carbocycles. The first kappa shape index (κ1) is 16.6. The second-order valence-corrected chi connectivity index (χ2v) is 6.93. The van der Waals surface area contributed by atoms with Crippen LogP contribution in [0.25, 0.3) is 16.8 Å². The molecule has 0 bridgehead atoms. The molecule has 0 spiro atoms. The third-order valence-electron chi connectivity index (χ3n) is 5.05. The summed E-state index contributed by atoms with van der Waals surface area (Å²) in [6, 6.07) is 16.4. The Bertz CT molecular complexity index is 1150. The molecule has 0 N–H and O–H groups in total. The van der Waals surface area contributed by atoms with Crippen LogP contribution in [0.5, 0.6) is 0 Å². The Labute approximate surface area is 152 Å². The first-order valence-corrected chi connectivity index (χ1v) is 9.15. The standard InChI is InChI=1S/C22H23N3O/c1-4-7-18-16(3)24(14-17-12-10-15(2)11-13-17)22-23-19-8-5-6-9-20(19)25(22)21(18)26/h5-6,8-13H,4,7,14H2,1-3H3. The van der Waals surface area contributed by atoms with Gasteiger partial charge in [0.2, 0.25) is 5.78 Å². The zero-order valence-corrected chi connectivity index (χ0v) is 15.5. The number of para-hydroxylation sites is 2. The Morgan fingerprint density at radius 3 is 2.46 bits per heavy atom. The fraction of sp³-hybridized carbons (Fsp3) is 0.273. The van der Waals surface area contributed by atoms with E-state index in [1.54, 1.807) is 4.40 Å². The van der Waals surface area contributed by atoms with Crippen molar-refractivity contribution in [1.82, 2.24) is 14.0 Å². The molecule has 132 valence electrons. The number of aromatic nitrogens is 3. The molecule has 2 heterocycles. The molecule has 4 rings (SSSR count). The summed E-state index contributed by atoms with van der Waals surface area (Å²) in [6.45, 7) is 6.95. The van der Waals surface area contributed by atoms with Crippen molar-refractivity contribution in [2.24, 2.45) is 0 Å². The molecular formula is C22H23N3O. The molecule has 0 unspecified atom stereocenters. The molecule has 4 aromatic rings. The summed E-state index contributed by atoms with van der Waals surface area (Å²) in [7, 11) is 0. The average molecular weight is 345 g/mol. The van der Waals surface area contributed by atoms with Gasteiger partial charge in [-0.05, 0) is 38.0 Å². The van der Waals surface area contributed by atoms with Gasteiger partial charge in [0.05, 0.1) is 17.6 Å². The van der Waals surface area contributed by atoms with Gasteiger partial charge in [0.1, 0.15) is 0 Å². The van der Waals surface area contributed by atoms with Crippen LogP contribution in [0.4, 0.5) is 0 Å². The maximum Gasteiger partial charge on any atom is 0.262 e. The first-order chi connectivity index (χ1) is 12.6. The van der Waals surface area contributed by atoms with Gasteiger partial charge in [0, 0.05) is 11.3 Å². The molecular weight excluding hydrogens is 322 g/mol. The Balaban J connectivity index is 2.03. The minimum Gasteiger partial charge on any atom is -0.311 e. The Morgan fingerprint density at radius 1 is 1.00 bits per heavy atom. The summed E-state index contributed by atoms with van der Waals surface area (Å²) in [4.78, 5) is 18.0. The zero-order chi connectivity index (χ0) is 18.3. The Kier molecular flexibility index (Phi) is 4.11. The second-order valence-electron chi connectivity index (χ2n) is 6.93. The number of aryl methyl sites for hydroxylation is 1.